The Balaban J connectivity index is 1.50. The highest BCUT2D eigenvalue weighted by molar-refractivity contribution is 5.78. The van der Waals surface area contributed by atoms with Crippen LogP contribution in [0.25, 0.3) is 0 Å². The standard InChI is InChI=1S/C18H28N4O2/c1-15-5-3-4-6-22(15)18(23)14-20-7-9-21(10-8-20)16-11-17(24-2)13-19-12-16/h11-13,15H,3-10,14H2,1-2H3. The highest BCUT2D eigenvalue weighted by atomic mass is 16.5. The van der Waals surface area contributed by atoms with Crippen LogP contribution in [-0.4, -0.2) is 73.1 Å². The number of amides is 1. The molecule has 0 radical (unpaired) electrons. The van der Waals surface area contributed by atoms with Crippen molar-refractivity contribution in [3.8, 4) is 5.75 Å². The van der Waals surface area contributed by atoms with E-state index in [9.17, 15) is 4.79 Å². The molecule has 0 saturated carbocycles. The number of anilines is 1. The Kier molecular flexibility index (Phi) is 5.56. The minimum absolute atomic E-state index is 0.290. The first-order chi connectivity index (χ1) is 11.7. The molecule has 1 unspecified atom stereocenters. The second kappa shape index (κ2) is 7.83. The average Bonchev–Trinajstić information content (AvgIpc) is 2.62. The van der Waals surface area contributed by atoms with Gasteiger partial charge in [-0.3, -0.25) is 14.7 Å². The summed E-state index contributed by atoms with van der Waals surface area (Å²) in [6.45, 7) is 7.29. The van der Waals surface area contributed by atoms with E-state index in [4.69, 9.17) is 4.74 Å². The minimum Gasteiger partial charge on any atom is -0.495 e. The van der Waals surface area contributed by atoms with Crippen molar-refractivity contribution in [1.82, 2.24) is 14.8 Å². The van der Waals surface area contributed by atoms with Gasteiger partial charge in [0.2, 0.25) is 5.91 Å². The summed E-state index contributed by atoms with van der Waals surface area (Å²) in [5, 5.41) is 0. The first-order valence-corrected chi connectivity index (χ1v) is 8.93. The van der Waals surface area contributed by atoms with Crippen molar-refractivity contribution in [3.63, 3.8) is 0 Å². The molecule has 0 spiro atoms. The predicted octanol–water partition coefficient (Wildman–Crippen LogP) is 1.61. The fraction of sp³-hybridized carbons (Fsp3) is 0.667. The molecule has 1 aromatic heterocycles. The third-order valence-electron chi connectivity index (χ3n) is 5.15. The lowest BCUT2D eigenvalue weighted by molar-refractivity contribution is -0.135. The lowest BCUT2D eigenvalue weighted by atomic mass is 10.0. The fourth-order valence-corrected chi connectivity index (χ4v) is 3.61. The number of aromatic nitrogens is 1. The Morgan fingerprint density at radius 1 is 1.21 bits per heavy atom. The molecule has 1 aromatic rings. The Labute approximate surface area is 144 Å². The number of carbonyl (C=O) groups excluding carboxylic acids is 1. The van der Waals surface area contributed by atoms with Crippen molar-refractivity contribution in [2.24, 2.45) is 0 Å². The summed E-state index contributed by atoms with van der Waals surface area (Å²) in [5.41, 5.74) is 1.09. The van der Waals surface area contributed by atoms with E-state index in [1.54, 1.807) is 13.3 Å². The first-order valence-electron chi connectivity index (χ1n) is 8.93. The summed E-state index contributed by atoms with van der Waals surface area (Å²) in [5.74, 6) is 1.07. The number of rotatable bonds is 4. The molecule has 1 amide bonds. The molecule has 3 rings (SSSR count). The maximum Gasteiger partial charge on any atom is 0.236 e. The first kappa shape index (κ1) is 17.0. The number of ether oxygens (including phenoxy) is 1. The number of hydrogen-bond acceptors (Lipinski definition) is 5. The maximum absolute atomic E-state index is 12.6. The molecule has 6 nitrogen and oxygen atoms in total. The zero-order chi connectivity index (χ0) is 16.9. The number of piperazine rings is 1. The fourth-order valence-electron chi connectivity index (χ4n) is 3.61. The van der Waals surface area contributed by atoms with E-state index in [-0.39, 0.29) is 0 Å². The van der Waals surface area contributed by atoms with Crippen LogP contribution in [0, 0.1) is 0 Å². The van der Waals surface area contributed by atoms with Crippen molar-refractivity contribution in [1.29, 1.82) is 0 Å². The van der Waals surface area contributed by atoms with E-state index < -0.39 is 0 Å². The number of methoxy groups -OCH3 is 1. The second-order valence-electron chi connectivity index (χ2n) is 6.78. The van der Waals surface area contributed by atoms with Crippen LogP contribution in [0.1, 0.15) is 26.2 Å². The third-order valence-corrected chi connectivity index (χ3v) is 5.15. The van der Waals surface area contributed by atoms with Gasteiger partial charge < -0.3 is 14.5 Å². The molecular formula is C18H28N4O2. The smallest absolute Gasteiger partial charge is 0.236 e. The lowest BCUT2D eigenvalue weighted by Crippen LogP contribution is -2.52. The van der Waals surface area contributed by atoms with E-state index in [1.165, 1.54) is 6.42 Å². The lowest BCUT2D eigenvalue weighted by Gasteiger charge is -2.38. The Bertz CT molecular complexity index is 558. The number of pyridine rings is 1. The molecule has 2 aliphatic heterocycles. The molecule has 0 bridgehead atoms. The molecule has 24 heavy (non-hydrogen) atoms. The predicted molar refractivity (Wildman–Crippen MR) is 94.5 cm³/mol. The molecule has 0 aromatic carbocycles. The van der Waals surface area contributed by atoms with Crippen molar-refractivity contribution >= 4 is 11.6 Å². The number of carbonyl (C=O) groups is 1. The summed E-state index contributed by atoms with van der Waals surface area (Å²) in [4.78, 5) is 23.4. The number of hydrogen-bond donors (Lipinski definition) is 0. The molecule has 2 fully saturated rings. The third kappa shape index (κ3) is 3.98. The van der Waals surface area contributed by atoms with Gasteiger partial charge in [-0.15, -0.1) is 0 Å². The average molecular weight is 332 g/mol. The summed E-state index contributed by atoms with van der Waals surface area (Å²) in [6.07, 6.45) is 7.13. The molecule has 0 aliphatic carbocycles. The second-order valence-corrected chi connectivity index (χ2v) is 6.78. The highest BCUT2D eigenvalue weighted by Gasteiger charge is 2.26. The molecular weight excluding hydrogens is 304 g/mol. The largest absolute Gasteiger partial charge is 0.495 e. The van der Waals surface area contributed by atoms with Gasteiger partial charge in [-0.05, 0) is 26.2 Å². The molecule has 2 aliphatic rings. The molecule has 1 atom stereocenters. The summed E-state index contributed by atoms with van der Waals surface area (Å²) < 4.78 is 5.25. The topological polar surface area (TPSA) is 48.9 Å². The van der Waals surface area contributed by atoms with Crippen LogP contribution in [0.3, 0.4) is 0 Å². The van der Waals surface area contributed by atoms with Crippen LogP contribution >= 0.6 is 0 Å². The van der Waals surface area contributed by atoms with Gasteiger partial charge in [0, 0.05) is 44.8 Å². The van der Waals surface area contributed by atoms with E-state index in [2.05, 4.69) is 26.6 Å². The highest BCUT2D eigenvalue weighted by Crippen LogP contribution is 2.21. The van der Waals surface area contributed by atoms with Gasteiger partial charge in [0.05, 0.1) is 31.7 Å². The molecule has 0 N–H and O–H groups in total. The number of likely N-dealkylation sites (tertiary alicyclic amines) is 1. The normalized spacial score (nSPS) is 22.5. The van der Waals surface area contributed by atoms with Gasteiger partial charge in [-0.2, -0.15) is 0 Å². The van der Waals surface area contributed by atoms with E-state index in [0.717, 1.165) is 57.0 Å². The maximum atomic E-state index is 12.6. The van der Waals surface area contributed by atoms with Gasteiger partial charge in [0.1, 0.15) is 5.75 Å². The van der Waals surface area contributed by atoms with Gasteiger partial charge in [-0.1, -0.05) is 0 Å². The Hall–Kier alpha value is -1.82. The van der Waals surface area contributed by atoms with Gasteiger partial charge >= 0.3 is 0 Å². The zero-order valence-electron chi connectivity index (χ0n) is 14.8. The molecule has 2 saturated heterocycles. The number of piperidine rings is 1. The van der Waals surface area contributed by atoms with Crippen LogP contribution in [0.5, 0.6) is 5.75 Å². The van der Waals surface area contributed by atoms with Crippen LogP contribution in [0.2, 0.25) is 0 Å². The van der Waals surface area contributed by atoms with Crippen LogP contribution in [0.15, 0.2) is 18.5 Å². The van der Waals surface area contributed by atoms with Gasteiger partial charge in [0.25, 0.3) is 0 Å². The van der Waals surface area contributed by atoms with Crippen LogP contribution in [-0.2, 0) is 4.79 Å². The van der Waals surface area contributed by atoms with E-state index in [1.807, 2.05) is 12.3 Å². The number of nitrogens with zero attached hydrogens (tertiary/aromatic N) is 4. The van der Waals surface area contributed by atoms with Crippen molar-refractivity contribution in [2.75, 3.05) is 51.3 Å². The van der Waals surface area contributed by atoms with Gasteiger partial charge in [-0.25, -0.2) is 0 Å². The van der Waals surface area contributed by atoms with Crippen LogP contribution in [0.4, 0.5) is 5.69 Å². The Morgan fingerprint density at radius 3 is 2.71 bits per heavy atom. The van der Waals surface area contributed by atoms with Crippen molar-refractivity contribution in [2.45, 2.75) is 32.2 Å². The Morgan fingerprint density at radius 2 is 2.00 bits per heavy atom. The van der Waals surface area contributed by atoms with Crippen molar-refractivity contribution < 1.29 is 9.53 Å². The van der Waals surface area contributed by atoms with Gasteiger partial charge in [0.15, 0.2) is 0 Å². The summed E-state index contributed by atoms with van der Waals surface area (Å²) in [7, 11) is 1.66. The summed E-state index contributed by atoms with van der Waals surface area (Å²) >= 11 is 0. The molecule has 6 heteroatoms. The van der Waals surface area contributed by atoms with E-state index in [0.29, 0.717) is 18.5 Å². The monoisotopic (exact) mass is 332 g/mol. The summed E-state index contributed by atoms with van der Waals surface area (Å²) in [6, 6.07) is 2.42. The van der Waals surface area contributed by atoms with Crippen LogP contribution < -0.4 is 9.64 Å². The quantitative estimate of drug-likeness (QED) is 0.838. The van der Waals surface area contributed by atoms with Crippen molar-refractivity contribution in [3.05, 3.63) is 18.5 Å². The van der Waals surface area contributed by atoms with E-state index >= 15 is 0 Å². The minimum atomic E-state index is 0.290. The SMILES string of the molecule is COc1cncc(N2CCN(CC(=O)N3CCCCC3C)CC2)c1. The zero-order valence-corrected chi connectivity index (χ0v) is 14.8. The molecule has 132 valence electrons. The molecule has 3 heterocycles.